The smallest absolute Gasteiger partial charge is 0.216 e. The van der Waals surface area contributed by atoms with Crippen molar-refractivity contribution in [1.82, 2.24) is 9.97 Å². The molecule has 4 unspecified atom stereocenters. The number of nitrogens with zero attached hydrogens (tertiary/aromatic N) is 2. The van der Waals surface area contributed by atoms with Crippen molar-refractivity contribution < 1.29 is 4.74 Å². The van der Waals surface area contributed by atoms with Crippen LogP contribution in [0.25, 0.3) is 0 Å². The van der Waals surface area contributed by atoms with Gasteiger partial charge in [0.2, 0.25) is 5.88 Å². The van der Waals surface area contributed by atoms with Crippen molar-refractivity contribution in [3.05, 3.63) is 18.1 Å². The Morgan fingerprint density at radius 2 is 2.28 bits per heavy atom. The SMILES string of the molecule is COc1cc(CC(Br)C2CC3CCC2C3)ncn1. The minimum absolute atomic E-state index is 0.549. The van der Waals surface area contributed by atoms with E-state index < -0.39 is 0 Å². The standard InChI is InChI=1S/C14H19BrN2O/c1-18-14-7-11(16-8-17-14)6-13(15)12-5-9-2-3-10(12)4-9/h7-10,12-13H,2-6H2,1H3. The molecule has 4 heteroatoms. The van der Waals surface area contributed by atoms with E-state index in [4.69, 9.17) is 4.74 Å². The number of aromatic nitrogens is 2. The largest absolute Gasteiger partial charge is 0.481 e. The summed E-state index contributed by atoms with van der Waals surface area (Å²) in [6.45, 7) is 0. The lowest BCUT2D eigenvalue weighted by Crippen LogP contribution is -2.23. The molecule has 2 bridgehead atoms. The maximum atomic E-state index is 5.14. The Bertz CT molecular complexity index is 426. The summed E-state index contributed by atoms with van der Waals surface area (Å²) in [6, 6.07) is 1.95. The molecule has 1 heterocycles. The monoisotopic (exact) mass is 310 g/mol. The molecule has 0 aromatic carbocycles. The lowest BCUT2D eigenvalue weighted by atomic mass is 9.85. The molecule has 0 amide bonds. The first-order chi connectivity index (χ1) is 8.76. The van der Waals surface area contributed by atoms with Gasteiger partial charge in [-0.25, -0.2) is 9.97 Å². The van der Waals surface area contributed by atoms with Crippen LogP contribution < -0.4 is 4.74 Å². The zero-order chi connectivity index (χ0) is 12.5. The predicted molar refractivity (Wildman–Crippen MR) is 73.9 cm³/mol. The number of halogens is 1. The van der Waals surface area contributed by atoms with Gasteiger partial charge in [-0.1, -0.05) is 22.4 Å². The zero-order valence-corrected chi connectivity index (χ0v) is 12.3. The minimum atomic E-state index is 0.549. The molecule has 0 saturated heterocycles. The number of rotatable bonds is 4. The van der Waals surface area contributed by atoms with E-state index in [2.05, 4.69) is 25.9 Å². The van der Waals surface area contributed by atoms with Crippen molar-refractivity contribution in [2.24, 2.45) is 17.8 Å². The Morgan fingerprint density at radius 1 is 1.39 bits per heavy atom. The van der Waals surface area contributed by atoms with Gasteiger partial charge in [0.15, 0.2) is 0 Å². The fraction of sp³-hybridized carbons (Fsp3) is 0.714. The average Bonchev–Trinajstić information content (AvgIpc) is 3.01. The van der Waals surface area contributed by atoms with Gasteiger partial charge in [0.25, 0.3) is 0 Å². The first kappa shape index (κ1) is 12.4. The van der Waals surface area contributed by atoms with Crippen molar-refractivity contribution in [1.29, 1.82) is 0 Å². The summed E-state index contributed by atoms with van der Waals surface area (Å²) in [5.41, 5.74) is 1.08. The molecule has 1 aromatic heterocycles. The summed E-state index contributed by atoms with van der Waals surface area (Å²) >= 11 is 3.89. The number of hydrogen-bond donors (Lipinski definition) is 0. The van der Waals surface area contributed by atoms with E-state index in [-0.39, 0.29) is 0 Å². The first-order valence-electron chi connectivity index (χ1n) is 6.75. The third-order valence-electron chi connectivity index (χ3n) is 4.57. The van der Waals surface area contributed by atoms with Crippen LogP contribution >= 0.6 is 15.9 Å². The maximum absolute atomic E-state index is 5.14. The van der Waals surface area contributed by atoms with E-state index in [1.807, 2.05) is 6.07 Å². The van der Waals surface area contributed by atoms with Crippen molar-refractivity contribution in [3.63, 3.8) is 0 Å². The molecular weight excluding hydrogens is 292 g/mol. The zero-order valence-electron chi connectivity index (χ0n) is 10.7. The molecule has 2 saturated carbocycles. The second kappa shape index (κ2) is 5.16. The van der Waals surface area contributed by atoms with Gasteiger partial charge in [0.05, 0.1) is 7.11 Å². The second-order valence-corrected chi connectivity index (χ2v) is 6.79. The highest BCUT2D eigenvalue weighted by molar-refractivity contribution is 9.09. The van der Waals surface area contributed by atoms with Crippen molar-refractivity contribution in [2.75, 3.05) is 7.11 Å². The molecule has 4 atom stereocenters. The van der Waals surface area contributed by atoms with Crippen LogP contribution in [0.4, 0.5) is 0 Å². The van der Waals surface area contributed by atoms with E-state index in [0.717, 1.165) is 29.9 Å². The average molecular weight is 311 g/mol. The third-order valence-corrected chi connectivity index (χ3v) is 5.57. The van der Waals surface area contributed by atoms with Gasteiger partial charge >= 0.3 is 0 Å². The summed E-state index contributed by atoms with van der Waals surface area (Å²) < 4.78 is 5.14. The molecule has 3 rings (SSSR count). The highest BCUT2D eigenvalue weighted by Gasteiger charge is 2.42. The number of fused-ring (bicyclic) bond motifs is 2. The van der Waals surface area contributed by atoms with Crippen LogP contribution in [0.3, 0.4) is 0 Å². The van der Waals surface area contributed by atoms with E-state index in [1.165, 1.54) is 25.7 Å². The summed E-state index contributed by atoms with van der Waals surface area (Å²) in [5.74, 6) is 3.44. The molecular formula is C14H19BrN2O. The first-order valence-corrected chi connectivity index (χ1v) is 7.67. The Balaban J connectivity index is 1.65. The Kier molecular flexibility index (Phi) is 3.55. The van der Waals surface area contributed by atoms with Crippen LogP contribution in [-0.4, -0.2) is 21.9 Å². The lowest BCUT2D eigenvalue weighted by molar-refractivity contribution is 0.325. The van der Waals surface area contributed by atoms with Gasteiger partial charge in [0, 0.05) is 23.0 Å². The number of methoxy groups -OCH3 is 1. The highest BCUT2D eigenvalue weighted by Crippen LogP contribution is 2.51. The van der Waals surface area contributed by atoms with Gasteiger partial charge < -0.3 is 4.74 Å². The highest BCUT2D eigenvalue weighted by atomic mass is 79.9. The molecule has 2 aliphatic carbocycles. The molecule has 98 valence electrons. The van der Waals surface area contributed by atoms with Crippen LogP contribution in [0.2, 0.25) is 0 Å². The van der Waals surface area contributed by atoms with Crippen LogP contribution in [0.15, 0.2) is 12.4 Å². The number of alkyl halides is 1. The van der Waals surface area contributed by atoms with E-state index in [1.54, 1.807) is 13.4 Å². The van der Waals surface area contributed by atoms with Crippen LogP contribution in [0, 0.1) is 17.8 Å². The van der Waals surface area contributed by atoms with E-state index in [0.29, 0.717) is 10.7 Å². The van der Waals surface area contributed by atoms with Crippen LogP contribution in [0.5, 0.6) is 5.88 Å². The molecule has 0 spiro atoms. The van der Waals surface area contributed by atoms with Crippen molar-refractivity contribution in [2.45, 2.75) is 36.9 Å². The quantitative estimate of drug-likeness (QED) is 0.801. The van der Waals surface area contributed by atoms with Crippen molar-refractivity contribution >= 4 is 15.9 Å². The fourth-order valence-electron chi connectivity index (χ4n) is 3.69. The molecule has 18 heavy (non-hydrogen) atoms. The lowest BCUT2D eigenvalue weighted by Gasteiger charge is -2.26. The molecule has 1 aromatic rings. The topological polar surface area (TPSA) is 35.0 Å². The molecule has 2 aliphatic rings. The van der Waals surface area contributed by atoms with Gasteiger partial charge in [0.1, 0.15) is 6.33 Å². The summed E-state index contributed by atoms with van der Waals surface area (Å²) in [4.78, 5) is 8.94. The molecule has 0 aliphatic heterocycles. The summed E-state index contributed by atoms with van der Waals surface area (Å²) in [7, 11) is 1.65. The van der Waals surface area contributed by atoms with Gasteiger partial charge in [-0.05, 0) is 37.0 Å². The van der Waals surface area contributed by atoms with Gasteiger partial charge in [-0.15, -0.1) is 0 Å². The van der Waals surface area contributed by atoms with E-state index >= 15 is 0 Å². The molecule has 0 N–H and O–H groups in total. The van der Waals surface area contributed by atoms with Gasteiger partial charge in [-0.2, -0.15) is 0 Å². The summed E-state index contributed by atoms with van der Waals surface area (Å²) in [5, 5.41) is 0. The molecule has 3 nitrogen and oxygen atoms in total. The van der Waals surface area contributed by atoms with Gasteiger partial charge in [-0.3, -0.25) is 0 Å². The normalized spacial score (nSPS) is 31.6. The molecule has 2 fully saturated rings. The Hall–Kier alpha value is -0.640. The number of ether oxygens (including phenoxy) is 1. The number of hydrogen-bond acceptors (Lipinski definition) is 3. The Labute approximate surface area is 116 Å². The predicted octanol–water partition coefficient (Wildman–Crippen LogP) is 3.23. The van der Waals surface area contributed by atoms with Crippen LogP contribution in [-0.2, 0) is 6.42 Å². The van der Waals surface area contributed by atoms with Crippen LogP contribution in [0.1, 0.15) is 31.4 Å². The summed E-state index contributed by atoms with van der Waals surface area (Å²) in [6.07, 6.45) is 8.33. The van der Waals surface area contributed by atoms with Crippen molar-refractivity contribution in [3.8, 4) is 5.88 Å². The fourth-order valence-corrected chi connectivity index (χ4v) is 4.67. The van der Waals surface area contributed by atoms with E-state index in [9.17, 15) is 0 Å². The second-order valence-electron chi connectivity index (χ2n) is 5.61. The minimum Gasteiger partial charge on any atom is -0.481 e. The maximum Gasteiger partial charge on any atom is 0.216 e. The Morgan fingerprint density at radius 3 is 2.94 bits per heavy atom. The third kappa shape index (κ3) is 2.40. The molecule has 0 radical (unpaired) electrons.